The molecule has 1 rings (SSSR count). The predicted octanol–water partition coefficient (Wildman–Crippen LogP) is 4.72. The average Bonchev–Trinajstić information content (AvgIpc) is 2.54. The summed E-state index contributed by atoms with van der Waals surface area (Å²) in [4.78, 5) is 25.4. The van der Waals surface area contributed by atoms with Crippen molar-refractivity contribution >= 4 is 20.3 Å². The van der Waals surface area contributed by atoms with Crippen LogP contribution in [0.4, 0.5) is 4.79 Å². The van der Waals surface area contributed by atoms with Crippen LogP contribution >= 0.6 is 0 Å². The summed E-state index contributed by atoms with van der Waals surface area (Å²) in [6.45, 7) is 16.0. The predicted molar refractivity (Wildman–Crippen MR) is 114 cm³/mol. The second kappa shape index (κ2) is 10.1. The molecule has 0 unspecified atom stereocenters. The van der Waals surface area contributed by atoms with E-state index in [0.717, 1.165) is 5.56 Å². The van der Waals surface area contributed by atoms with Gasteiger partial charge in [0.2, 0.25) is 0 Å². The van der Waals surface area contributed by atoms with Crippen LogP contribution in [-0.4, -0.2) is 36.6 Å². The quantitative estimate of drug-likeness (QED) is 0.383. The van der Waals surface area contributed by atoms with E-state index in [0.29, 0.717) is 6.42 Å². The molecule has 0 radical (unpaired) electrons. The standard InChI is InChI=1S/C21H36N2O4Si/c1-16(2)14-18(19(24)26-15-17-12-10-9-11-13-17)23(28(6,7)8)22-20(25)27-21(3,4)5/h9-13,16,18H,14-15H2,1-8H3,(H,22,25)/t18-/m0/s1. The Morgan fingerprint density at radius 3 is 2.14 bits per heavy atom. The molecule has 0 heterocycles. The summed E-state index contributed by atoms with van der Waals surface area (Å²) in [7, 11) is -2.11. The first-order valence-electron chi connectivity index (χ1n) is 9.79. The third kappa shape index (κ3) is 8.88. The molecule has 0 spiro atoms. The molecule has 0 saturated heterocycles. The molecule has 0 aliphatic rings. The molecule has 1 aromatic carbocycles. The molecule has 1 aromatic rings. The molecule has 0 saturated carbocycles. The lowest BCUT2D eigenvalue weighted by Gasteiger charge is -2.40. The van der Waals surface area contributed by atoms with E-state index in [1.54, 1.807) is 4.67 Å². The number of amides is 1. The Balaban J connectivity index is 2.99. The van der Waals surface area contributed by atoms with Crippen molar-refractivity contribution in [2.24, 2.45) is 5.92 Å². The van der Waals surface area contributed by atoms with Crippen molar-refractivity contribution in [1.29, 1.82) is 0 Å². The summed E-state index contributed by atoms with van der Waals surface area (Å²) in [6, 6.07) is 9.01. The van der Waals surface area contributed by atoms with Gasteiger partial charge in [0.05, 0.1) is 0 Å². The fourth-order valence-electron chi connectivity index (χ4n) is 2.69. The Labute approximate surface area is 170 Å². The monoisotopic (exact) mass is 408 g/mol. The zero-order valence-electron chi connectivity index (χ0n) is 18.5. The van der Waals surface area contributed by atoms with Gasteiger partial charge in [0.1, 0.15) is 26.5 Å². The van der Waals surface area contributed by atoms with E-state index in [4.69, 9.17) is 9.47 Å². The van der Waals surface area contributed by atoms with E-state index in [-0.39, 0.29) is 18.5 Å². The van der Waals surface area contributed by atoms with Crippen molar-refractivity contribution in [2.45, 2.75) is 78.9 Å². The van der Waals surface area contributed by atoms with Crippen LogP contribution in [0, 0.1) is 5.92 Å². The zero-order valence-corrected chi connectivity index (χ0v) is 19.5. The summed E-state index contributed by atoms with van der Waals surface area (Å²) in [6.07, 6.45) is 0.0211. The number of rotatable bonds is 8. The van der Waals surface area contributed by atoms with Gasteiger partial charge >= 0.3 is 12.1 Å². The highest BCUT2D eigenvalue weighted by Crippen LogP contribution is 2.20. The Morgan fingerprint density at radius 2 is 1.68 bits per heavy atom. The van der Waals surface area contributed by atoms with Gasteiger partial charge in [0.15, 0.2) is 0 Å². The smallest absolute Gasteiger partial charge is 0.421 e. The fourth-order valence-corrected chi connectivity index (χ4v) is 4.26. The summed E-state index contributed by atoms with van der Waals surface area (Å²) in [5, 5.41) is 0. The molecule has 0 fully saturated rings. The number of nitrogens with one attached hydrogen (secondary N) is 1. The molecule has 158 valence electrons. The van der Waals surface area contributed by atoms with Crippen molar-refractivity contribution in [3.8, 4) is 0 Å². The average molecular weight is 409 g/mol. The Kier molecular flexibility index (Phi) is 8.69. The molecule has 1 atom stereocenters. The fraction of sp³-hybridized carbons (Fsp3) is 0.619. The zero-order chi connectivity index (χ0) is 21.5. The lowest BCUT2D eigenvalue weighted by molar-refractivity contribution is -0.151. The van der Waals surface area contributed by atoms with E-state index in [2.05, 4.69) is 25.1 Å². The normalized spacial score (nSPS) is 13.4. The number of hydrogen-bond donors (Lipinski definition) is 1. The van der Waals surface area contributed by atoms with Gasteiger partial charge in [-0.25, -0.2) is 9.47 Å². The summed E-state index contributed by atoms with van der Waals surface area (Å²) < 4.78 is 12.8. The van der Waals surface area contributed by atoms with E-state index in [1.807, 2.05) is 65.0 Å². The molecule has 6 nitrogen and oxygen atoms in total. The highest BCUT2D eigenvalue weighted by atomic mass is 28.3. The third-order valence-corrected chi connectivity index (χ3v) is 5.70. The van der Waals surface area contributed by atoms with Crippen LogP contribution < -0.4 is 5.43 Å². The minimum absolute atomic E-state index is 0.209. The first-order chi connectivity index (χ1) is 12.8. The first kappa shape index (κ1) is 24.2. The number of nitrogens with zero attached hydrogens (tertiary/aromatic N) is 1. The maximum absolute atomic E-state index is 13.0. The van der Waals surface area contributed by atoms with Gasteiger partial charge in [-0.3, -0.25) is 10.2 Å². The van der Waals surface area contributed by atoms with E-state index in [1.165, 1.54) is 0 Å². The summed E-state index contributed by atoms with van der Waals surface area (Å²) >= 11 is 0. The van der Waals surface area contributed by atoms with Crippen molar-refractivity contribution in [2.75, 3.05) is 0 Å². The SMILES string of the molecule is CC(C)C[C@@H](C(=O)OCc1ccccc1)N(NC(=O)OC(C)(C)C)[Si](C)(C)C. The van der Waals surface area contributed by atoms with Crippen LogP contribution in [-0.2, 0) is 20.9 Å². The minimum Gasteiger partial charge on any atom is -0.460 e. The lowest BCUT2D eigenvalue weighted by Crippen LogP contribution is -2.63. The minimum atomic E-state index is -2.11. The number of hydrazine groups is 1. The van der Waals surface area contributed by atoms with Gasteiger partial charge < -0.3 is 9.47 Å². The van der Waals surface area contributed by atoms with Gasteiger partial charge in [0.25, 0.3) is 0 Å². The number of carbonyl (C=O) groups is 2. The molecular formula is C21H36N2O4Si. The van der Waals surface area contributed by atoms with Crippen molar-refractivity contribution in [3.05, 3.63) is 35.9 Å². The second-order valence-electron chi connectivity index (χ2n) is 9.39. The first-order valence-corrected chi connectivity index (χ1v) is 13.2. The lowest BCUT2D eigenvalue weighted by atomic mass is 10.0. The van der Waals surface area contributed by atoms with Gasteiger partial charge in [-0.1, -0.05) is 63.8 Å². The Hall–Kier alpha value is -1.86. The van der Waals surface area contributed by atoms with Crippen LogP contribution in [0.3, 0.4) is 0 Å². The number of ether oxygens (including phenoxy) is 2. The van der Waals surface area contributed by atoms with Crippen LogP contribution in [0.25, 0.3) is 0 Å². The van der Waals surface area contributed by atoms with E-state index in [9.17, 15) is 9.59 Å². The molecule has 28 heavy (non-hydrogen) atoms. The molecule has 7 heteroatoms. The van der Waals surface area contributed by atoms with Gasteiger partial charge in [-0.2, -0.15) is 0 Å². The molecular weight excluding hydrogens is 372 g/mol. The number of hydrogen-bond acceptors (Lipinski definition) is 5. The van der Waals surface area contributed by atoms with Crippen molar-refractivity contribution in [3.63, 3.8) is 0 Å². The second-order valence-corrected chi connectivity index (χ2v) is 14.2. The van der Waals surface area contributed by atoms with Crippen LogP contribution in [0.15, 0.2) is 30.3 Å². The van der Waals surface area contributed by atoms with E-state index >= 15 is 0 Å². The molecule has 0 aliphatic heterocycles. The summed E-state index contributed by atoms with van der Waals surface area (Å²) in [5.41, 5.74) is 3.15. The van der Waals surface area contributed by atoms with E-state index < -0.39 is 26.0 Å². The summed E-state index contributed by atoms with van der Waals surface area (Å²) in [5.74, 6) is -0.0791. The maximum Gasteiger partial charge on any atom is 0.421 e. The topological polar surface area (TPSA) is 67.9 Å². The van der Waals surface area contributed by atoms with Gasteiger partial charge in [-0.15, -0.1) is 0 Å². The molecule has 1 amide bonds. The highest BCUT2D eigenvalue weighted by molar-refractivity contribution is 6.73. The molecule has 1 N–H and O–H groups in total. The highest BCUT2D eigenvalue weighted by Gasteiger charge is 2.38. The molecule has 0 aliphatic carbocycles. The molecule has 0 aromatic heterocycles. The van der Waals surface area contributed by atoms with Gasteiger partial charge in [-0.05, 0) is 38.7 Å². The van der Waals surface area contributed by atoms with Crippen molar-refractivity contribution in [1.82, 2.24) is 10.1 Å². The maximum atomic E-state index is 13.0. The van der Waals surface area contributed by atoms with Crippen LogP contribution in [0.5, 0.6) is 0 Å². The van der Waals surface area contributed by atoms with Crippen LogP contribution in [0.2, 0.25) is 19.6 Å². The number of carbonyl (C=O) groups excluding carboxylic acids is 2. The number of benzene rings is 1. The third-order valence-electron chi connectivity index (χ3n) is 3.84. The largest absolute Gasteiger partial charge is 0.460 e. The van der Waals surface area contributed by atoms with Crippen molar-refractivity contribution < 1.29 is 19.1 Å². The number of esters is 1. The van der Waals surface area contributed by atoms with Crippen LogP contribution in [0.1, 0.15) is 46.6 Å². The Morgan fingerprint density at radius 1 is 1.11 bits per heavy atom. The Bertz CT molecular complexity index is 636. The van der Waals surface area contributed by atoms with Gasteiger partial charge in [0, 0.05) is 0 Å². The molecule has 0 bridgehead atoms.